The van der Waals surface area contributed by atoms with Gasteiger partial charge in [0.15, 0.2) is 5.69 Å². The molecule has 0 amide bonds. The molecule has 0 bridgehead atoms. The zero-order valence-electron chi connectivity index (χ0n) is 23.5. The molecule has 0 aliphatic heterocycles. The monoisotopic (exact) mass is 542 g/mol. The molecule has 210 valence electrons. The maximum atomic E-state index is 11.3. The lowest BCUT2D eigenvalue weighted by atomic mass is 9.86. The van der Waals surface area contributed by atoms with E-state index >= 15 is 0 Å². The van der Waals surface area contributed by atoms with Gasteiger partial charge in [-0.05, 0) is 59.2 Å². The number of nitrogens with zero attached hydrogens (tertiary/aromatic N) is 2. The third-order valence-electron chi connectivity index (χ3n) is 6.76. The SMILES string of the molecule is [C-]#[N+]c1cccc([C@H](CN(CCCCC(=O)O)Cc2ccc(C(=O)O)cc2)OCc2cccc(C(C)(C)C)c2)c1. The molecule has 0 heterocycles. The summed E-state index contributed by atoms with van der Waals surface area (Å²) in [6.07, 6.45) is 1.03. The number of benzene rings is 3. The number of carboxylic acid groups (broad SMARTS) is 2. The Bertz CT molecular complexity index is 1320. The molecule has 0 unspecified atom stereocenters. The van der Waals surface area contributed by atoms with Crippen molar-refractivity contribution in [1.29, 1.82) is 0 Å². The van der Waals surface area contributed by atoms with Crippen LogP contribution in [0.2, 0.25) is 0 Å². The van der Waals surface area contributed by atoms with E-state index in [9.17, 15) is 14.7 Å². The summed E-state index contributed by atoms with van der Waals surface area (Å²) >= 11 is 0. The number of unbranched alkanes of at least 4 members (excludes halogenated alkanes) is 1. The van der Waals surface area contributed by atoms with Crippen molar-refractivity contribution in [3.8, 4) is 0 Å². The van der Waals surface area contributed by atoms with Crippen molar-refractivity contribution in [2.24, 2.45) is 0 Å². The summed E-state index contributed by atoms with van der Waals surface area (Å²) in [5.41, 5.74) is 4.93. The molecule has 7 nitrogen and oxygen atoms in total. The predicted molar refractivity (Wildman–Crippen MR) is 156 cm³/mol. The average molecular weight is 543 g/mol. The number of aromatic carboxylic acids is 1. The average Bonchev–Trinajstić information content (AvgIpc) is 2.93. The lowest BCUT2D eigenvalue weighted by Crippen LogP contribution is -2.30. The van der Waals surface area contributed by atoms with Crippen LogP contribution in [0, 0.1) is 6.57 Å². The zero-order chi connectivity index (χ0) is 29.1. The maximum Gasteiger partial charge on any atom is 0.335 e. The summed E-state index contributed by atoms with van der Waals surface area (Å²) in [7, 11) is 0. The van der Waals surface area contributed by atoms with E-state index < -0.39 is 11.9 Å². The van der Waals surface area contributed by atoms with E-state index in [2.05, 4.69) is 48.7 Å². The Labute approximate surface area is 236 Å². The predicted octanol–water partition coefficient (Wildman–Crippen LogP) is 7.25. The third kappa shape index (κ3) is 9.64. The summed E-state index contributed by atoms with van der Waals surface area (Å²) in [5, 5.41) is 18.3. The normalized spacial score (nSPS) is 12.2. The van der Waals surface area contributed by atoms with Gasteiger partial charge in [0.1, 0.15) is 0 Å². The first-order valence-electron chi connectivity index (χ1n) is 13.5. The molecular formula is C33H38N2O5. The highest BCUT2D eigenvalue weighted by atomic mass is 16.5. The topological polar surface area (TPSA) is 91.4 Å². The second-order valence-corrected chi connectivity index (χ2v) is 11.0. The van der Waals surface area contributed by atoms with Gasteiger partial charge in [-0.15, -0.1) is 0 Å². The van der Waals surface area contributed by atoms with Gasteiger partial charge in [-0.1, -0.05) is 81.4 Å². The van der Waals surface area contributed by atoms with Gasteiger partial charge in [-0.3, -0.25) is 9.69 Å². The van der Waals surface area contributed by atoms with Crippen LogP contribution in [0.15, 0.2) is 72.8 Å². The molecule has 40 heavy (non-hydrogen) atoms. The summed E-state index contributed by atoms with van der Waals surface area (Å²) in [6, 6.07) is 22.6. The Morgan fingerprint density at radius 2 is 1.68 bits per heavy atom. The Balaban J connectivity index is 1.85. The fraction of sp³-hybridized carbons (Fsp3) is 0.364. The molecule has 7 heteroatoms. The molecule has 2 N–H and O–H groups in total. The van der Waals surface area contributed by atoms with Gasteiger partial charge in [-0.2, -0.15) is 0 Å². The molecular weight excluding hydrogens is 504 g/mol. The first-order chi connectivity index (χ1) is 19.0. The summed E-state index contributed by atoms with van der Waals surface area (Å²) in [5.74, 6) is -1.79. The standard InChI is InChI=1S/C33H38N2O5/c1-33(2,3)28-11-7-9-25(19-28)23-40-30(27-10-8-12-29(20-27)34-4)22-35(18-6-5-13-31(36)37)21-24-14-16-26(17-15-24)32(38)39/h7-12,14-17,19-20,30H,5-6,13,18,21-23H2,1-3H3,(H,36,37)(H,38,39)/t30-/m0/s1. The van der Waals surface area contributed by atoms with E-state index in [4.69, 9.17) is 16.4 Å². The van der Waals surface area contributed by atoms with Gasteiger partial charge in [0.2, 0.25) is 0 Å². The summed E-state index contributed by atoms with van der Waals surface area (Å²) in [4.78, 5) is 28.1. The van der Waals surface area contributed by atoms with Crippen molar-refractivity contribution in [3.05, 3.63) is 112 Å². The fourth-order valence-corrected chi connectivity index (χ4v) is 4.47. The lowest BCUT2D eigenvalue weighted by Gasteiger charge is -2.29. The van der Waals surface area contributed by atoms with Gasteiger partial charge >= 0.3 is 11.9 Å². The second-order valence-electron chi connectivity index (χ2n) is 11.0. The van der Waals surface area contributed by atoms with Gasteiger partial charge in [0.25, 0.3) is 0 Å². The largest absolute Gasteiger partial charge is 0.481 e. The molecule has 0 saturated heterocycles. The first-order valence-corrected chi connectivity index (χ1v) is 13.5. The highest BCUT2D eigenvalue weighted by Gasteiger charge is 2.20. The van der Waals surface area contributed by atoms with Crippen LogP contribution < -0.4 is 0 Å². The highest BCUT2D eigenvalue weighted by Crippen LogP contribution is 2.27. The summed E-state index contributed by atoms with van der Waals surface area (Å²) in [6.45, 7) is 16.1. The lowest BCUT2D eigenvalue weighted by molar-refractivity contribution is -0.137. The number of carboxylic acids is 2. The molecule has 0 aromatic heterocycles. The van der Waals surface area contributed by atoms with Crippen molar-refractivity contribution >= 4 is 17.6 Å². The second kappa shape index (κ2) is 14.4. The van der Waals surface area contributed by atoms with Crippen LogP contribution in [-0.4, -0.2) is 40.1 Å². The van der Waals surface area contributed by atoms with Gasteiger partial charge in [0, 0.05) is 19.5 Å². The molecule has 3 aromatic rings. The highest BCUT2D eigenvalue weighted by molar-refractivity contribution is 5.87. The van der Waals surface area contributed by atoms with Crippen LogP contribution in [0.5, 0.6) is 0 Å². The third-order valence-corrected chi connectivity index (χ3v) is 6.76. The molecule has 0 fully saturated rings. The molecule has 3 aromatic carbocycles. The van der Waals surface area contributed by atoms with Crippen molar-refractivity contribution in [2.75, 3.05) is 13.1 Å². The smallest absolute Gasteiger partial charge is 0.335 e. The Morgan fingerprint density at radius 3 is 2.33 bits per heavy atom. The van der Waals surface area contributed by atoms with Crippen LogP contribution in [0.25, 0.3) is 4.85 Å². The number of hydrogen-bond donors (Lipinski definition) is 2. The Hall–Kier alpha value is -3.99. The van der Waals surface area contributed by atoms with E-state index in [-0.39, 0.29) is 23.5 Å². The van der Waals surface area contributed by atoms with E-state index in [1.54, 1.807) is 30.3 Å². The molecule has 1 atom stereocenters. The number of carbonyl (C=O) groups is 2. The van der Waals surface area contributed by atoms with Gasteiger partial charge < -0.3 is 14.9 Å². The molecule has 0 aliphatic rings. The van der Waals surface area contributed by atoms with E-state index in [0.717, 1.165) is 16.7 Å². The quantitative estimate of drug-likeness (QED) is 0.165. The van der Waals surface area contributed by atoms with Gasteiger partial charge in [0.05, 0.1) is 24.8 Å². The van der Waals surface area contributed by atoms with Crippen molar-refractivity contribution in [3.63, 3.8) is 0 Å². The number of aliphatic carboxylic acids is 1. The zero-order valence-corrected chi connectivity index (χ0v) is 23.5. The Morgan fingerprint density at radius 1 is 0.950 bits per heavy atom. The molecule has 3 rings (SSSR count). The van der Waals surface area contributed by atoms with E-state index in [1.807, 2.05) is 24.3 Å². The fourth-order valence-electron chi connectivity index (χ4n) is 4.47. The van der Waals surface area contributed by atoms with Crippen LogP contribution in [-0.2, 0) is 28.1 Å². The first kappa shape index (κ1) is 30.6. The molecule has 0 radical (unpaired) electrons. The van der Waals surface area contributed by atoms with Crippen LogP contribution in [0.4, 0.5) is 5.69 Å². The maximum absolute atomic E-state index is 11.3. The number of ether oxygens (including phenoxy) is 1. The summed E-state index contributed by atoms with van der Waals surface area (Å²) < 4.78 is 6.53. The van der Waals surface area contributed by atoms with Crippen molar-refractivity contribution in [1.82, 2.24) is 4.90 Å². The van der Waals surface area contributed by atoms with Crippen LogP contribution >= 0.6 is 0 Å². The minimum atomic E-state index is -0.972. The minimum absolute atomic E-state index is 0.0162. The number of hydrogen-bond acceptors (Lipinski definition) is 4. The van der Waals surface area contributed by atoms with Crippen LogP contribution in [0.3, 0.4) is 0 Å². The number of rotatable bonds is 14. The van der Waals surface area contributed by atoms with Crippen molar-refractivity contribution in [2.45, 2.75) is 64.7 Å². The van der Waals surface area contributed by atoms with Crippen molar-refractivity contribution < 1.29 is 24.5 Å². The molecule has 0 saturated carbocycles. The molecule has 0 spiro atoms. The van der Waals surface area contributed by atoms with E-state index in [0.29, 0.717) is 44.8 Å². The minimum Gasteiger partial charge on any atom is -0.481 e. The Kier molecular flexibility index (Phi) is 11.0. The van der Waals surface area contributed by atoms with Gasteiger partial charge in [-0.25, -0.2) is 9.64 Å². The van der Waals surface area contributed by atoms with E-state index in [1.165, 1.54) is 5.56 Å². The molecule has 0 aliphatic carbocycles. The van der Waals surface area contributed by atoms with Crippen LogP contribution in [0.1, 0.15) is 78.7 Å².